The number of phenols is 1. The van der Waals surface area contributed by atoms with E-state index in [1.54, 1.807) is 18.2 Å². The Morgan fingerprint density at radius 3 is 2.83 bits per heavy atom. The Morgan fingerprint density at radius 1 is 1.26 bits per heavy atom. The van der Waals surface area contributed by atoms with Crippen LogP contribution in [0.1, 0.15) is 18.9 Å². The second-order valence-electron chi connectivity index (χ2n) is 6.13. The number of aliphatic hydroxyl groups is 1. The Bertz CT molecular complexity index is 868. The van der Waals surface area contributed by atoms with E-state index in [1.165, 1.54) is 6.33 Å². The number of nitrogens with two attached hydrogens (primary N) is 1. The lowest BCUT2D eigenvalue weighted by Crippen LogP contribution is -2.28. The Kier molecular flexibility index (Phi) is 3.20. The first-order valence-electron chi connectivity index (χ1n) is 7.68. The van der Waals surface area contributed by atoms with Crippen LogP contribution < -0.4 is 5.73 Å². The summed E-state index contributed by atoms with van der Waals surface area (Å²) in [5.41, 5.74) is 8.70. The number of anilines is 1. The fourth-order valence-electron chi connectivity index (χ4n) is 3.36. The van der Waals surface area contributed by atoms with E-state index in [4.69, 9.17) is 5.73 Å². The number of hydrogen-bond acceptors (Lipinski definition) is 5. The fraction of sp³-hybridized carbons (Fsp3) is 0.294. The highest BCUT2D eigenvalue weighted by Crippen LogP contribution is 2.42. The predicted octanol–water partition coefficient (Wildman–Crippen LogP) is 2.33. The van der Waals surface area contributed by atoms with Gasteiger partial charge in [0.05, 0.1) is 5.39 Å². The minimum Gasteiger partial charge on any atom is -0.508 e. The molecule has 1 fully saturated rings. The second-order valence-corrected chi connectivity index (χ2v) is 6.13. The van der Waals surface area contributed by atoms with Crippen molar-refractivity contribution in [1.29, 1.82) is 0 Å². The standard InChI is InChI=1S/C17H18N4O2/c18-16-15-14(11-2-1-3-13(23)6-11)7-21(17(15)20-9-19-16)12-4-10(5-12)8-22/h1-3,6-7,9-10,12,22-23H,4-5,8H2,(H2,18,19,20). The van der Waals surface area contributed by atoms with Crippen molar-refractivity contribution in [2.24, 2.45) is 5.92 Å². The van der Waals surface area contributed by atoms with Crippen molar-refractivity contribution in [2.45, 2.75) is 18.9 Å². The molecule has 23 heavy (non-hydrogen) atoms. The summed E-state index contributed by atoms with van der Waals surface area (Å²) < 4.78 is 2.12. The van der Waals surface area contributed by atoms with E-state index < -0.39 is 0 Å². The fourth-order valence-corrected chi connectivity index (χ4v) is 3.36. The number of hydrogen-bond donors (Lipinski definition) is 3. The molecular weight excluding hydrogens is 292 g/mol. The summed E-state index contributed by atoms with van der Waals surface area (Å²) in [7, 11) is 0. The van der Waals surface area contributed by atoms with Gasteiger partial charge in [0.25, 0.3) is 0 Å². The summed E-state index contributed by atoms with van der Waals surface area (Å²) in [5, 5.41) is 19.8. The number of nitrogens with zero attached hydrogens (tertiary/aromatic N) is 3. The van der Waals surface area contributed by atoms with Gasteiger partial charge in [0.1, 0.15) is 23.5 Å². The van der Waals surface area contributed by atoms with Crippen molar-refractivity contribution in [3.05, 3.63) is 36.8 Å². The summed E-state index contributed by atoms with van der Waals surface area (Å²) in [4.78, 5) is 8.53. The number of aromatic nitrogens is 3. The third-order valence-corrected chi connectivity index (χ3v) is 4.66. The first kappa shape index (κ1) is 14.0. The average Bonchev–Trinajstić information content (AvgIpc) is 2.87. The molecule has 0 radical (unpaired) electrons. The molecule has 0 aliphatic heterocycles. The molecule has 2 aromatic heterocycles. The highest BCUT2D eigenvalue weighted by atomic mass is 16.3. The Morgan fingerprint density at radius 2 is 2.09 bits per heavy atom. The molecule has 1 aliphatic carbocycles. The molecule has 0 atom stereocenters. The van der Waals surface area contributed by atoms with Crippen molar-refractivity contribution in [2.75, 3.05) is 12.3 Å². The number of phenolic OH excluding ortho intramolecular Hbond substituents is 1. The Balaban J connectivity index is 1.88. The van der Waals surface area contributed by atoms with E-state index in [9.17, 15) is 10.2 Å². The average molecular weight is 310 g/mol. The van der Waals surface area contributed by atoms with Gasteiger partial charge in [-0.15, -0.1) is 0 Å². The normalized spacial score (nSPS) is 20.6. The minimum atomic E-state index is 0.211. The van der Waals surface area contributed by atoms with Crippen molar-refractivity contribution in [3.63, 3.8) is 0 Å². The number of aromatic hydroxyl groups is 1. The maximum atomic E-state index is 9.76. The van der Waals surface area contributed by atoms with E-state index in [-0.39, 0.29) is 12.4 Å². The highest BCUT2D eigenvalue weighted by molar-refractivity contribution is 6.00. The largest absolute Gasteiger partial charge is 0.508 e. The van der Waals surface area contributed by atoms with Gasteiger partial charge in [-0.1, -0.05) is 12.1 Å². The quantitative estimate of drug-likeness (QED) is 0.690. The zero-order valence-electron chi connectivity index (χ0n) is 12.6. The van der Waals surface area contributed by atoms with Gasteiger partial charge in [-0.2, -0.15) is 0 Å². The first-order chi connectivity index (χ1) is 11.2. The molecule has 1 saturated carbocycles. The molecule has 0 saturated heterocycles. The van der Waals surface area contributed by atoms with Crippen LogP contribution in [0.25, 0.3) is 22.2 Å². The van der Waals surface area contributed by atoms with E-state index >= 15 is 0 Å². The van der Waals surface area contributed by atoms with Crippen molar-refractivity contribution < 1.29 is 10.2 Å². The molecule has 2 heterocycles. The summed E-state index contributed by atoms with van der Waals surface area (Å²) in [6, 6.07) is 7.40. The molecule has 4 rings (SSSR count). The zero-order chi connectivity index (χ0) is 16.0. The molecule has 0 bridgehead atoms. The molecule has 0 spiro atoms. The van der Waals surface area contributed by atoms with E-state index in [0.717, 1.165) is 35.0 Å². The highest BCUT2D eigenvalue weighted by Gasteiger charge is 2.31. The lowest BCUT2D eigenvalue weighted by atomic mass is 9.81. The molecule has 0 unspecified atom stereocenters. The predicted molar refractivity (Wildman–Crippen MR) is 87.9 cm³/mol. The van der Waals surface area contributed by atoms with E-state index in [2.05, 4.69) is 14.5 Å². The number of nitrogen functional groups attached to an aromatic ring is 1. The van der Waals surface area contributed by atoms with Crippen LogP contribution in [0.3, 0.4) is 0 Å². The van der Waals surface area contributed by atoms with Crippen molar-refractivity contribution >= 4 is 16.9 Å². The monoisotopic (exact) mass is 310 g/mol. The van der Waals surface area contributed by atoms with Gasteiger partial charge in [0.15, 0.2) is 0 Å². The van der Waals surface area contributed by atoms with E-state index in [1.807, 2.05) is 12.3 Å². The van der Waals surface area contributed by atoms with Gasteiger partial charge in [-0.3, -0.25) is 0 Å². The van der Waals surface area contributed by atoms with Gasteiger partial charge in [0.2, 0.25) is 0 Å². The number of rotatable bonds is 3. The molecule has 6 heteroatoms. The minimum absolute atomic E-state index is 0.211. The summed E-state index contributed by atoms with van der Waals surface area (Å²) in [5.74, 6) is 1.01. The van der Waals surface area contributed by atoms with Crippen LogP contribution in [0.2, 0.25) is 0 Å². The van der Waals surface area contributed by atoms with Crippen LogP contribution in [0.15, 0.2) is 36.8 Å². The third kappa shape index (κ3) is 2.22. The molecule has 1 aromatic carbocycles. The molecule has 3 aromatic rings. The molecule has 118 valence electrons. The smallest absolute Gasteiger partial charge is 0.146 e. The summed E-state index contributed by atoms with van der Waals surface area (Å²) >= 11 is 0. The van der Waals surface area contributed by atoms with Crippen LogP contribution >= 0.6 is 0 Å². The van der Waals surface area contributed by atoms with Gasteiger partial charge in [0, 0.05) is 24.4 Å². The number of benzene rings is 1. The number of fused-ring (bicyclic) bond motifs is 1. The number of aliphatic hydroxyl groups excluding tert-OH is 1. The van der Waals surface area contributed by atoms with Gasteiger partial charge in [-0.25, -0.2) is 9.97 Å². The van der Waals surface area contributed by atoms with Gasteiger partial charge < -0.3 is 20.5 Å². The molecule has 6 nitrogen and oxygen atoms in total. The van der Waals surface area contributed by atoms with Crippen LogP contribution in [-0.4, -0.2) is 31.4 Å². The van der Waals surface area contributed by atoms with Crippen LogP contribution in [-0.2, 0) is 0 Å². The van der Waals surface area contributed by atoms with Gasteiger partial charge >= 0.3 is 0 Å². The van der Waals surface area contributed by atoms with E-state index in [0.29, 0.717) is 17.8 Å². The first-order valence-corrected chi connectivity index (χ1v) is 7.68. The summed E-state index contributed by atoms with van der Waals surface area (Å²) in [6.45, 7) is 0.228. The van der Waals surface area contributed by atoms with Gasteiger partial charge in [-0.05, 0) is 36.5 Å². The van der Waals surface area contributed by atoms with Crippen LogP contribution in [0.4, 0.5) is 5.82 Å². The topological polar surface area (TPSA) is 97.2 Å². The van der Waals surface area contributed by atoms with Crippen LogP contribution in [0.5, 0.6) is 5.75 Å². The zero-order valence-corrected chi connectivity index (χ0v) is 12.6. The summed E-state index contributed by atoms with van der Waals surface area (Å²) in [6.07, 6.45) is 5.37. The second kappa shape index (κ2) is 5.24. The molecule has 1 aliphatic rings. The Hall–Kier alpha value is -2.60. The molecule has 4 N–H and O–H groups in total. The molecule has 0 amide bonds. The lowest BCUT2D eigenvalue weighted by Gasteiger charge is -2.35. The SMILES string of the molecule is Nc1ncnc2c1c(-c1cccc(O)c1)cn2C1CC(CO)C1. The Labute approximate surface area is 133 Å². The van der Waals surface area contributed by atoms with Crippen molar-refractivity contribution in [1.82, 2.24) is 14.5 Å². The van der Waals surface area contributed by atoms with Crippen molar-refractivity contribution in [3.8, 4) is 16.9 Å². The molecular formula is C17H18N4O2. The maximum Gasteiger partial charge on any atom is 0.146 e. The maximum absolute atomic E-state index is 9.76. The van der Waals surface area contributed by atoms with Crippen LogP contribution in [0, 0.1) is 5.92 Å². The lowest BCUT2D eigenvalue weighted by molar-refractivity contribution is 0.114. The third-order valence-electron chi connectivity index (χ3n) is 4.66.